The second-order valence-electron chi connectivity index (χ2n) is 5.73. The van der Waals surface area contributed by atoms with Crippen LogP contribution in [0.2, 0.25) is 0 Å². The quantitative estimate of drug-likeness (QED) is 0.558. The molecule has 3 unspecified atom stereocenters. The van der Waals surface area contributed by atoms with Gasteiger partial charge in [0.15, 0.2) is 0 Å². The number of carboxylic acids is 1. The van der Waals surface area contributed by atoms with Crippen molar-refractivity contribution in [1.82, 2.24) is 5.32 Å². The molecule has 0 aromatic rings. The maximum atomic E-state index is 12.4. The van der Waals surface area contributed by atoms with Crippen molar-refractivity contribution in [2.24, 2.45) is 23.7 Å². The van der Waals surface area contributed by atoms with E-state index in [2.05, 4.69) is 12.2 Å². The van der Waals surface area contributed by atoms with Gasteiger partial charge in [-0.2, -0.15) is 11.8 Å². The third-order valence-corrected chi connectivity index (χ3v) is 5.27. The standard InChI is InChI=1S/C15H23NO3S/c1-3-20-7-6-9(2)16-14(17)12-10-4-5-11(8-10)13(12)15(18)19/h4-5,9-13H,3,6-8H2,1-2H3,(H,16,17)(H,18,19)/t9?,10?,11?,12-,13+/m0/s1. The van der Waals surface area contributed by atoms with Gasteiger partial charge in [-0.25, -0.2) is 0 Å². The van der Waals surface area contributed by atoms with Crippen molar-refractivity contribution in [2.75, 3.05) is 11.5 Å². The Morgan fingerprint density at radius 1 is 1.35 bits per heavy atom. The number of hydrogen-bond acceptors (Lipinski definition) is 3. The van der Waals surface area contributed by atoms with Crippen molar-refractivity contribution in [1.29, 1.82) is 0 Å². The van der Waals surface area contributed by atoms with E-state index in [0.29, 0.717) is 0 Å². The van der Waals surface area contributed by atoms with Crippen LogP contribution in [-0.2, 0) is 9.59 Å². The van der Waals surface area contributed by atoms with Gasteiger partial charge in [0.05, 0.1) is 11.8 Å². The number of aliphatic carboxylic acids is 1. The maximum absolute atomic E-state index is 12.4. The van der Waals surface area contributed by atoms with E-state index in [4.69, 9.17) is 0 Å². The van der Waals surface area contributed by atoms with Gasteiger partial charge in [-0.3, -0.25) is 9.59 Å². The molecule has 0 heterocycles. The molecule has 0 spiro atoms. The molecular formula is C15H23NO3S. The smallest absolute Gasteiger partial charge is 0.307 e. The number of amides is 1. The van der Waals surface area contributed by atoms with Crippen LogP contribution < -0.4 is 5.32 Å². The molecule has 112 valence electrons. The zero-order chi connectivity index (χ0) is 14.7. The van der Waals surface area contributed by atoms with E-state index >= 15 is 0 Å². The summed E-state index contributed by atoms with van der Waals surface area (Å²) in [6, 6.07) is 0.110. The first-order chi connectivity index (χ1) is 9.54. The highest BCUT2D eigenvalue weighted by molar-refractivity contribution is 7.99. The van der Waals surface area contributed by atoms with E-state index in [9.17, 15) is 14.7 Å². The molecule has 2 aliphatic rings. The van der Waals surface area contributed by atoms with Crippen molar-refractivity contribution < 1.29 is 14.7 Å². The van der Waals surface area contributed by atoms with Crippen molar-refractivity contribution in [3.8, 4) is 0 Å². The Kier molecular flexibility index (Phi) is 5.13. The van der Waals surface area contributed by atoms with Crippen molar-refractivity contribution in [3.63, 3.8) is 0 Å². The third-order valence-electron chi connectivity index (χ3n) is 4.34. The lowest BCUT2D eigenvalue weighted by Crippen LogP contribution is -2.43. The normalized spacial score (nSPS) is 32.3. The second-order valence-corrected chi connectivity index (χ2v) is 7.13. The molecule has 0 aromatic heterocycles. The van der Waals surface area contributed by atoms with Crippen LogP contribution in [0, 0.1) is 23.7 Å². The molecule has 0 aromatic carbocycles. The van der Waals surface area contributed by atoms with Gasteiger partial charge in [0, 0.05) is 6.04 Å². The minimum absolute atomic E-state index is 0.0409. The number of rotatable bonds is 7. The molecule has 5 atom stereocenters. The molecule has 2 rings (SSSR count). The van der Waals surface area contributed by atoms with Crippen molar-refractivity contribution in [2.45, 2.75) is 32.7 Å². The lowest BCUT2D eigenvalue weighted by molar-refractivity contribution is -0.148. The van der Waals surface area contributed by atoms with Gasteiger partial charge in [0.25, 0.3) is 0 Å². The van der Waals surface area contributed by atoms with Crippen LogP contribution in [0.5, 0.6) is 0 Å². The van der Waals surface area contributed by atoms with Crippen LogP contribution in [0.25, 0.3) is 0 Å². The van der Waals surface area contributed by atoms with Gasteiger partial charge >= 0.3 is 5.97 Å². The Hall–Kier alpha value is -0.970. The van der Waals surface area contributed by atoms with E-state index in [1.165, 1.54) is 0 Å². The fourth-order valence-electron chi connectivity index (χ4n) is 3.33. The predicted molar refractivity (Wildman–Crippen MR) is 80.6 cm³/mol. The number of carbonyl (C=O) groups is 2. The minimum Gasteiger partial charge on any atom is -0.481 e. The van der Waals surface area contributed by atoms with Gasteiger partial charge in [0.2, 0.25) is 5.91 Å². The van der Waals surface area contributed by atoms with Crippen LogP contribution in [0.15, 0.2) is 12.2 Å². The predicted octanol–water partition coefficient (Wildman–Crippen LogP) is 2.16. The summed E-state index contributed by atoms with van der Waals surface area (Å²) in [6.45, 7) is 4.11. The summed E-state index contributed by atoms with van der Waals surface area (Å²) in [5, 5.41) is 12.3. The zero-order valence-corrected chi connectivity index (χ0v) is 12.9. The van der Waals surface area contributed by atoms with Crippen LogP contribution in [-0.4, -0.2) is 34.5 Å². The summed E-state index contributed by atoms with van der Waals surface area (Å²) in [6.07, 6.45) is 5.73. The molecule has 1 amide bonds. The molecule has 1 saturated carbocycles. The van der Waals surface area contributed by atoms with E-state index < -0.39 is 11.9 Å². The molecule has 2 aliphatic carbocycles. The SMILES string of the molecule is CCSCCC(C)NC(=O)[C@H]1C2C=CC(C2)[C@H]1C(=O)O. The monoisotopic (exact) mass is 297 g/mol. The van der Waals surface area contributed by atoms with Crippen LogP contribution >= 0.6 is 11.8 Å². The first-order valence-electron chi connectivity index (χ1n) is 7.33. The van der Waals surface area contributed by atoms with Gasteiger partial charge < -0.3 is 10.4 Å². The summed E-state index contributed by atoms with van der Waals surface area (Å²) in [5.41, 5.74) is 0. The van der Waals surface area contributed by atoms with Crippen molar-refractivity contribution >= 4 is 23.6 Å². The van der Waals surface area contributed by atoms with E-state index in [0.717, 1.165) is 24.3 Å². The molecule has 1 fully saturated rings. The molecule has 0 saturated heterocycles. The number of hydrogen-bond donors (Lipinski definition) is 2. The molecule has 0 aliphatic heterocycles. The number of allylic oxidation sites excluding steroid dienone is 2. The summed E-state index contributed by atoms with van der Waals surface area (Å²) < 4.78 is 0. The Morgan fingerprint density at radius 2 is 2.00 bits per heavy atom. The lowest BCUT2D eigenvalue weighted by atomic mass is 9.82. The Morgan fingerprint density at radius 3 is 2.60 bits per heavy atom. The molecule has 2 N–H and O–H groups in total. The van der Waals surface area contributed by atoms with Gasteiger partial charge in [-0.05, 0) is 43.1 Å². The number of fused-ring (bicyclic) bond motifs is 2. The molecule has 4 nitrogen and oxygen atoms in total. The molecule has 20 heavy (non-hydrogen) atoms. The third kappa shape index (κ3) is 3.19. The highest BCUT2D eigenvalue weighted by Gasteiger charge is 2.51. The number of carbonyl (C=O) groups excluding carboxylic acids is 1. The van der Waals surface area contributed by atoms with Gasteiger partial charge in [-0.1, -0.05) is 19.1 Å². The first-order valence-corrected chi connectivity index (χ1v) is 8.49. The molecule has 5 heteroatoms. The Labute approximate surface area is 124 Å². The van der Waals surface area contributed by atoms with Gasteiger partial charge in [0.1, 0.15) is 0 Å². The lowest BCUT2D eigenvalue weighted by Gasteiger charge is -2.25. The van der Waals surface area contributed by atoms with E-state index in [1.54, 1.807) is 0 Å². The van der Waals surface area contributed by atoms with Crippen LogP contribution in [0.3, 0.4) is 0 Å². The van der Waals surface area contributed by atoms with E-state index in [-0.39, 0.29) is 29.7 Å². The number of thioether (sulfide) groups is 1. The highest BCUT2D eigenvalue weighted by Crippen LogP contribution is 2.48. The summed E-state index contributed by atoms with van der Waals surface area (Å²) in [7, 11) is 0. The molecule has 0 radical (unpaired) electrons. The maximum Gasteiger partial charge on any atom is 0.307 e. The topological polar surface area (TPSA) is 66.4 Å². The average molecular weight is 297 g/mol. The zero-order valence-electron chi connectivity index (χ0n) is 12.0. The molecule has 2 bridgehead atoms. The summed E-state index contributed by atoms with van der Waals surface area (Å²) >= 11 is 1.86. The fraction of sp³-hybridized carbons (Fsp3) is 0.733. The largest absolute Gasteiger partial charge is 0.481 e. The fourth-order valence-corrected chi connectivity index (χ4v) is 4.14. The van der Waals surface area contributed by atoms with E-state index in [1.807, 2.05) is 30.8 Å². The molecular weight excluding hydrogens is 274 g/mol. The highest BCUT2D eigenvalue weighted by atomic mass is 32.2. The van der Waals surface area contributed by atoms with Crippen LogP contribution in [0.4, 0.5) is 0 Å². The Balaban J connectivity index is 1.91. The minimum atomic E-state index is -0.837. The average Bonchev–Trinajstić information content (AvgIpc) is 2.98. The second kappa shape index (κ2) is 6.66. The number of nitrogens with one attached hydrogen (secondary N) is 1. The Bertz CT molecular complexity index is 410. The first kappa shape index (κ1) is 15.4. The van der Waals surface area contributed by atoms with Gasteiger partial charge in [-0.15, -0.1) is 0 Å². The summed E-state index contributed by atoms with van der Waals surface area (Å²) in [4.78, 5) is 23.8. The summed E-state index contributed by atoms with van der Waals surface area (Å²) in [5.74, 6) is 0.415. The van der Waals surface area contributed by atoms with Crippen LogP contribution in [0.1, 0.15) is 26.7 Å². The number of carboxylic acid groups (broad SMARTS) is 1. The van der Waals surface area contributed by atoms with Crippen molar-refractivity contribution in [3.05, 3.63) is 12.2 Å².